The number of rotatable bonds is 6. The van der Waals surface area contributed by atoms with Gasteiger partial charge in [-0.05, 0) is 34.1 Å². The van der Waals surface area contributed by atoms with Crippen molar-refractivity contribution in [2.45, 2.75) is 0 Å². The van der Waals surface area contributed by atoms with Crippen LogP contribution in [0.15, 0.2) is 46.9 Å². The maximum absolute atomic E-state index is 12.0. The van der Waals surface area contributed by atoms with Gasteiger partial charge < -0.3 is 14.8 Å². The number of hydrogen-bond acceptors (Lipinski definition) is 6. The van der Waals surface area contributed by atoms with Crippen LogP contribution in [-0.4, -0.2) is 30.5 Å². The molecule has 0 fully saturated rings. The van der Waals surface area contributed by atoms with Crippen LogP contribution in [0.4, 0.5) is 11.4 Å². The number of non-ortho nitro benzene ring substituents is 1. The molecule has 0 saturated carbocycles. The van der Waals surface area contributed by atoms with Crippen LogP contribution in [0.25, 0.3) is 0 Å². The second kappa shape index (κ2) is 8.25. The molecule has 1 N–H and O–H groups in total. The number of hydrogen-bond donors (Lipinski definition) is 1. The van der Waals surface area contributed by atoms with Crippen molar-refractivity contribution in [3.05, 3.63) is 62.6 Å². The molecule has 2 aromatic carbocycles. The number of anilines is 1. The molecule has 2 rings (SSSR count). The van der Waals surface area contributed by atoms with E-state index in [0.29, 0.717) is 4.47 Å². The molecule has 2 aromatic rings. The minimum atomic E-state index is -0.673. The van der Waals surface area contributed by atoms with Gasteiger partial charge in [-0.1, -0.05) is 12.1 Å². The van der Waals surface area contributed by atoms with Crippen LogP contribution >= 0.6 is 15.9 Å². The van der Waals surface area contributed by atoms with E-state index in [9.17, 15) is 19.7 Å². The van der Waals surface area contributed by atoms with E-state index in [1.807, 2.05) is 0 Å². The highest BCUT2D eigenvalue weighted by atomic mass is 79.9. The quantitative estimate of drug-likeness (QED) is 0.446. The normalized spacial score (nSPS) is 10.0. The highest BCUT2D eigenvalue weighted by Crippen LogP contribution is 2.28. The summed E-state index contributed by atoms with van der Waals surface area (Å²) in [6.07, 6.45) is 0. The summed E-state index contributed by atoms with van der Waals surface area (Å²) >= 11 is 3.22. The first-order chi connectivity index (χ1) is 11.9. The van der Waals surface area contributed by atoms with Gasteiger partial charge in [0.2, 0.25) is 0 Å². The zero-order valence-corrected chi connectivity index (χ0v) is 14.6. The third-order valence-electron chi connectivity index (χ3n) is 3.10. The SMILES string of the molecule is COc1ccc([N+](=O)[O-])cc1NC(=O)COC(=O)c1ccccc1Br. The van der Waals surface area contributed by atoms with Crippen molar-refractivity contribution in [1.29, 1.82) is 0 Å². The van der Waals surface area contributed by atoms with Crippen molar-refractivity contribution in [1.82, 2.24) is 0 Å². The molecule has 1 amide bonds. The maximum Gasteiger partial charge on any atom is 0.339 e. The van der Waals surface area contributed by atoms with Crippen LogP contribution < -0.4 is 10.1 Å². The van der Waals surface area contributed by atoms with Crippen LogP contribution in [0.5, 0.6) is 5.75 Å². The second-order valence-corrected chi connectivity index (χ2v) is 5.60. The molecule has 0 radical (unpaired) electrons. The molecular formula is C16H13BrN2O6. The fourth-order valence-corrected chi connectivity index (χ4v) is 2.38. The average molecular weight is 409 g/mol. The number of benzene rings is 2. The van der Waals surface area contributed by atoms with Gasteiger partial charge in [0.15, 0.2) is 6.61 Å². The Morgan fingerprint density at radius 2 is 1.96 bits per heavy atom. The Labute approximate surface area is 151 Å². The lowest BCUT2D eigenvalue weighted by Crippen LogP contribution is -2.21. The van der Waals surface area contributed by atoms with Crippen LogP contribution in [0, 0.1) is 10.1 Å². The Balaban J connectivity index is 2.03. The van der Waals surface area contributed by atoms with E-state index in [-0.39, 0.29) is 22.7 Å². The van der Waals surface area contributed by atoms with E-state index in [1.54, 1.807) is 24.3 Å². The van der Waals surface area contributed by atoms with E-state index >= 15 is 0 Å². The summed E-state index contributed by atoms with van der Waals surface area (Å²) in [6, 6.07) is 10.4. The molecule has 0 unspecified atom stereocenters. The number of nitro benzene ring substituents is 1. The van der Waals surface area contributed by atoms with Crippen molar-refractivity contribution in [2.24, 2.45) is 0 Å². The first-order valence-corrected chi connectivity index (χ1v) is 7.75. The Morgan fingerprint density at radius 3 is 2.60 bits per heavy atom. The van der Waals surface area contributed by atoms with Crippen molar-refractivity contribution >= 4 is 39.2 Å². The molecule has 0 aliphatic carbocycles. The number of nitrogens with one attached hydrogen (secondary N) is 1. The lowest BCUT2D eigenvalue weighted by Gasteiger charge is -2.10. The maximum atomic E-state index is 12.0. The van der Waals surface area contributed by atoms with Gasteiger partial charge in [0.05, 0.1) is 23.3 Å². The van der Waals surface area contributed by atoms with Gasteiger partial charge in [-0.25, -0.2) is 4.79 Å². The zero-order valence-electron chi connectivity index (χ0n) is 13.0. The summed E-state index contributed by atoms with van der Waals surface area (Å²) in [5.74, 6) is -1.08. The standard InChI is InChI=1S/C16H13BrN2O6/c1-24-14-7-6-10(19(22)23)8-13(14)18-15(20)9-25-16(21)11-4-2-3-5-12(11)17/h2-8H,9H2,1H3,(H,18,20). The Kier molecular flexibility index (Phi) is 6.07. The molecule has 130 valence electrons. The van der Waals surface area contributed by atoms with Gasteiger partial charge in [-0.2, -0.15) is 0 Å². The fraction of sp³-hybridized carbons (Fsp3) is 0.125. The van der Waals surface area contributed by atoms with Crippen molar-refractivity contribution in [2.75, 3.05) is 19.0 Å². The van der Waals surface area contributed by atoms with Crippen molar-refractivity contribution in [3.63, 3.8) is 0 Å². The second-order valence-electron chi connectivity index (χ2n) is 4.75. The highest BCUT2D eigenvalue weighted by Gasteiger charge is 2.16. The number of carbonyl (C=O) groups excluding carboxylic acids is 2. The van der Waals surface area contributed by atoms with Crippen LogP contribution in [0.3, 0.4) is 0 Å². The van der Waals surface area contributed by atoms with Gasteiger partial charge >= 0.3 is 5.97 Å². The molecule has 0 bridgehead atoms. The lowest BCUT2D eigenvalue weighted by molar-refractivity contribution is -0.384. The summed E-state index contributed by atoms with van der Waals surface area (Å²) in [5, 5.41) is 13.2. The molecule has 0 aliphatic rings. The van der Waals surface area contributed by atoms with E-state index < -0.39 is 23.4 Å². The average Bonchev–Trinajstić information content (AvgIpc) is 2.60. The first-order valence-electron chi connectivity index (χ1n) is 6.96. The van der Waals surface area contributed by atoms with Crippen LogP contribution in [0.2, 0.25) is 0 Å². The number of esters is 1. The molecular weight excluding hydrogens is 396 g/mol. The number of ether oxygens (including phenoxy) is 2. The predicted molar refractivity (Wildman–Crippen MR) is 92.7 cm³/mol. The highest BCUT2D eigenvalue weighted by molar-refractivity contribution is 9.10. The Hall–Kier alpha value is -2.94. The minimum absolute atomic E-state index is 0.110. The molecule has 8 nitrogen and oxygen atoms in total. The molecule has 0 heterocycles. The largest absolute Gasteiger partial charge is 0.495 e. The van der Waals surface area contributed by atoms with E-state index in [0.717, 1.165) is 6.07 Å². The van der Waals surface area contributed by atoms with E-state index in [2.05, 4.69) is 21.2 Å². The summed E-state index contributed by atoms with van der Waals surface area (Å²) < 4.78 is 10.5. The third kappa shape index (κ3) is 4.77. The van der Waals surface area contributed by atoms with Gasteiger partial charge in [-0.15, -0.1) is 0 Å². The predicted octanol–water partition coefficient (Wildman–Crippen LogP) is 3.16. The van der Waals surface area contributed by atoms with Crippen molar-refractivity contribution in [3.8, 4) is 5.75 Å². The summed E-state index contributed by atoms with van der Waals surface area (Å²) in [7, 11) is 1.36. The molecule has 9 heteroatoms. The van der Waals surface area contributed by atoms with Crippen LogP contribution in [0.1, 0.15) is 10.4 Å². The van der Waals surface area contributed by atoms with E-state index in [4.69, 9.17) is 9.47 Å². The summed E-state index contributed by atoms with van der Waals surface area (Å²) in [5.41, 5.74) is 0.184. The minimum Gasteiger partial charge on any atom is -0.495 e. The van der Waals surface area contributed by atoms with Gasteiger partial charge in [-0.3, -0.25) is 14.9 Å². The van der Waals surface area contributed by atoms with Gasteiger partial charge in [0, 0.05) is 16.6 Å². The van der Waals surface area contributed by atoms with Gasteiger partial charge in [0.25, 0.3) is 11.6 Å². The topological polar surface area (TPSA) is 108 Å². The molecule has 0 aromatic heterocycles. The molecule has 0 spiro atoms. The number of nitrogens with zero attached hydrogens (tertiary/aromatic N) is 1. The molecule has 0 saturated heterocycles. The zero-order chi connectivity index (χ0) is 18.4. The number of amides is 1. The smallest absolute Gasteiger partial charge is 0.339 e. The van der Waals surface area contributed by atoms with E-state index in [1.165, 1.54) is 19.2 Å². The number of nitro groups is 1. The number of halogens is 1. The van der Waals surface area contributed by atoms with Crippen LogP contribution in [-0.2, 0) is 9.53 Å². The fourth-order valence-electron chi connectivity index (χ4n) is 1.93. The molecule has 0 aliphatic heterocycles. The Morgan fingerprint density at radius 1 is 1.24 bits per heavy atom. The lowest BCUT2D eigenvalue weighted by atomic mass is 10.2. The molecule has 25 heavy (non-hydrogen) atoms. The Bertz CT molecular complexity index is 824. The first kappa shape index (κ1) is 18.4. The van der Waals surface area contributed by atoms with Crippen molar-refractivity contribution < 1.29 is 24.0 Å². The summed E-state index contributed by atoms with van der Waals surface area (Å²) in [4.78, 5) is 34.1. The number of carbonyl (C=O) groups is 2. The molecule has 0 atom stereocenters. The number of methoxy groups -OCH3 is 1. The monoisotopic (exact) mass is 408 g/mol. The summed E-state index contributed by atoms with van der Waals surface area (Å²) in [6.45, 7) is -0.550. The third-order valence-corrected chi connectivity index (χ3v) is 3.79. The van der Waals surface area contributed by atoms with Gasteiger partial charge in [0.1, 0.15) is 5.75 Å².